The minimum atomic E-state index is -1.25. The van der Waals surface area contributed by atoms with Crippen molar-refractivity contribution in [1.82, 2.24) is 0 Å². The molecule has 0 saturated heterocycles. The summed E-state index contributed by atoms with van der Waals surface area (Å²) in [5.74, 6) is -1.14. The van der Waals surface area contributed by atoms with Crippen molar-refractivity contribution in [3.8, 4) is 5.75 Å². The second-order valence-corrected chi connectivity index (χ2v) is 2.62. The number of aliphatic carboxylic acids is 1. The van der Waals surface area contributed by atoms with Crippen LogP contribution in [0.15, 0.2) is 24.3 Å². The standard InChI is InChI=1S/C9H11NO3/c10-8(9(12)13)5-6-1-3-7(11)4-2-6/h1-4,8,11H,5,10H2,(H,12,13)/t8-/m0/s1/i5D/t5-,8+/m1. The molecule has 0 saturated carbocycles. The zero-order valence-corrected chi connectivity index (χ0v) is 6.84. The fourth-order valence-corrected chi connectivity index (χ4v) is 0.864. The van der Waals surface area contributed by atoms with Crippen molar-refractivity contribution in [3.05, 3.63) is 29.8 Å². The van der Waals surface area contributed by atoms with Crippen LogP contribution in [0, 0.1) is 0 Å². The molecule has 0 heterocycles. The summed E-state index contributed by atoms with van der Waals surface area (Å²) in [5.41, 5.74) is 5.75. The summed E-state index contributed by atoms with van der Waals surface area (Å²) in [6, 6.07) is 4.50. The number of benzene rings is 1. The first-order valence-corrected chi connectivity index (χ1v) is 3.72. The first-order valence-electron chi connectivity index (χ1n) is 4.29. The van der Waals surface area contributed by atoms with Crippen molar-refractivity contribution in [2.45, 2.75) is 12.4 Å². The molecule has 4 N–H and O–H groups in total. The van der Waals surface area contributed by atoms with E-state index in [1.54, 1.807) is 0 Å². The van der Waals surface area contributed by atoms with Crippen molar-refractivity contribution in [3.63, 3.8) is 0 Å². The third-order valence-electron chi connectivity index (χ3n) is 1.55. The highest BCUT2D eigenvalue weighted by Gasteiger charge is 2.11. The van der Waals surface area contributed by atoms with Gasteiger partial charge in [0.15, 0.2) is 0 Å². The van der Waals surface area contributed by atoms with E-state index in [-0.39, 0.29) is 5.75 Å². The van der Waals surface area contributed by atoms with Crippen LogP contribution in [0.4, 0.5) is 0 Å². The molecular weight excluding hydrogens is 170 g/mol. The van der Waals surface area contributed by atoms with Gasteiger partial charge in [0.25, 0.3) is 0 Å². The summed E-state index contributed by atoms with van der Waals surface area (Å²) in [6.07, 6.45) is -1.02. The van der Waals surface area contributed by atoms with Crippen LogP contribution in [0.5, 0.6) is 5.75 Å². The molecule has 0 bridgehead atoms. The second-order valence-electron chi connectivity index (χ2n) is 2.62. The van der Waals surface area contributed by atoms with Gasteiger partial charge in [-0.2, -0.15) is 0 Å². The summed E-state index contributed by atoms with van der Waals surface area (Å²) in [4.78, 5) is 10.5. The highest BCUT2D eigenvalue weighted by Crippen LogP contribution is 2.10. The van der Waals surface area contributed by atoms with E-state index in [4.69, 9.17) is 17.3 Å². The Bertz CT molecular complexity index is 325. The Morgan fingerprint density at radius 3 is 2.54 bits per heavy atom. The summed E-state index contributed by atoms with van der Waals surface area (Å²) in [5, 5.41) is 17.6. The number of phenolic OH excluding ortho intramolecular Hbond substituents is 1. The van der Waals surface area contributed by atoms with Gasteiger partial charge in [-0.25, -0.2) is 0 Å². The maximum atomic E-state index is 10.5. The van der Waals surface area contributed by atoms with E-state index in [2.05, 4.69) is 0 Å². The topological polar surface area (TPSA) is 83.5 Å². The lowest BCUT2D eigenvalue weighted by Gasteiger charge is -2.05. The molecule has 1 aromatic carbocycles. The van der Waals surface area contributed by atoms with Gasteiger partial charge in [0.2, 0.25) is 0 Å². The molecule has 0 spiro atoms. The monoisotopic (exact) mass is 182 g/mol. The highest BCUT2D eigenvalue weighted by atomic mass is 16.4. The molecule has 4 nitrogen and oxygen atoms in total. The average molecular weight is 182 g/mol. The number of nitrogens with two attached hydrogens (primary N) is 1. The summed E-state index contributed by atoms with van der Waals surface area (Å²) in [7, 11) is 0. The van der Waals surface area contributed by atoms with Crippen LogP contribution in [0.1, 0.15) is 6.93 Å². The molecule has 0 aliphatic rings. The maximum absolute atomic E-state index is 10.5. The Kier molecular flexibility index (Phi) is 2.43. The van der Waals surface area contributed by atoms with E-state index < -0.39 is 18.4 Å². The first-order chi connectivity index (χ1) is 6.52. The lowest BCUT2D eigenvalue weighted by molar-refractivity contribution is -0.138. The minimum absolute atomic E-state index is 0.0739. The number of hydrogen-bond donors (Lipinski definition) is 3. The number of aromatic hydroxyl groups is 1. The summed E-state index contributed by atoms with van der Waals surface area (Å²) in [6.45, 7) is 0. The predicted molar refractivity (Wildman–Crippen MR) is 47.4 cm³/mol. The van der Waals surface area contributed by atoms with Gasteiger partial charge in [-0.3, -0.25) is 4.79 Å². The van der Waals surface area contributed by atoms with Crippen LogP contribution in [0.3, 0.4) is 0 Å². The van der Waals surface area contributed by atoms with Crippen LogP contribution >= 0.6 is 0 Å². The molecule has 1 rings (SSSR count). The number of rotatable bonds is 3. The Balaban J connectivity index is 2.84. The van der Waals surface area contributed by atoms with Crippen LogP contribution in [0.2, 0.25) is 0 Å². The number of carbonyl (C=O) groups is 1. The molecule has 0 aliphatic heterocycles. The van der Waals surface area contributed by atoms with Gasteiger partial charge >= 0.3 is 5.97 Å². The summed E-state index contributed by atoms with van der Waals surface area (Å²) >= 11 is 0. The normalized spacial score (nSPS) is 15.9. The highest BCUT2D eigenvalue weighted by molar-refractivity contribution is 5.73. The van der Waals surface area contributed by atoms with E-state index in [0.29, 0.717) is 5.56 Å². The van der Waals surface area contributed by atoms with E-state index >= 15 is 0 Å². The minimum Gasteiger partial charge on any atom is -0.508 e. The lowest BCUT2D eigenvalue weighted by Crippen LogP contribution is -2.32. The SMILES string of the molecule is [2H][C@H](c1ccc(O)cc1)[C@H](N)C(=O)O. The van der Waals surface area contributed by atoms with Gasteiger partial charge in [-0.15, -0.1) is 0 Å². The van der Waals surface area contributed by atoms with Crippen LogP contribution in [-0.2, 0) is 11.2 Å². The van der Waals surface area contributed by atoms with Gasteiger partial charge in [0, 0.05) is 1.37 Å². The van der Waals surface area contributed by atoms with Gasteiger partial charge < -0.3 is 15.9 Å². The van der Waals surface area contributed by atoms with E-state index in [9.17, 15) is 4.79 Å². The molecule has 1 aromatic rings. The molecule has 0 aromatic heterocycles. The first kappa shape index (κ1) is 8.07. The fraction of sp³-hybridized carbons (Fsp3) is 0.222. The molecule has 70 valence electrons. The molecule has 13 heavy (non-hydrogen) atoms. The number of carboxylic acids is 1. The van der Waals surface area contributed by atoms with Crippen molar-refractivity contribution < 1.29 is 16.4 Å². The maximum Gasteiger partial charge on any atom is 0.320 e. The summed E-state index contributed by atoms with van der Waals surface area (Å²) < 4.78 is 7.53. The molecule has 2 atom stereocenters. The Labute approximate surface area is 77.0 Å². The fourth-order valence-electron chi connectivity index (χ4n) is 0.864. The smallest absolute Gasteiger partial charge is 0.320 e. The second kappa shape index (κ2) is 3.91. The van der Waals surface area contributed by atoms with Gasteiger partial charge in [0.1, 0.15) is 11.8 Å². The molecule has 0 aliphatic carbocycles. The van der Waals surface area contributed by atoms with Gasteiger partial charge in [-0.05, 0) is 24.1 Å². The molecular formula is C9H11NO3. The molecule has 0 unspecified atom stereocenters. The number of hydrogen-bond acceptors (Lipinski definition) is 3. The zero-order valence-electron chi connectivity index (χ0n) is 7.84. The van der Waals surface area contributed by atoms with E-state index in [1.807, 2.05) is 0 Å². The largest absolute Gasteiger partial charge is 0.508 e. The van der Waals surface area contributed by atoms with Crippen molar-refractivity contribution in [1.29, 1.82) is 0 Å². The lowest BCUT2D eigenvalue weighted by atomic mass is 10.1. The van der Waals surface area contributed by atoms with Crippen molar-refractivity contribution in [2.24, 2.45) is 5.73 Å². The third kappa shape index (κ3) is 2.76. The number of phenols is 1. The Hall–Kier alpha value is -1.55. The number of carboxylic acid groups (broad SMARTS) is 1. The third-order valence-corrected chi connectivity index (χ3v) is 1.55. The Morgan fingerprint density at radius 1 is 1.54 bits per heavy atom. The average Bonchev–Trinajstić information content (AvgIpc) is 2.16. The van der Waals surface area contributed by atoms with E-state index in [0.717, 1.165) is 0 Å². The van der Waals surface area contributed by atoms with Crippen molar-refractivity contribution >= 4 is 5.97 Å². The van der Waals surface area contributed by atoms with Crippen LogP contribution in [0.25, 0.3) is 0 Å². The zero-order chi connectivity index (χ0) is 10.7. The molecule has 0 fully saturated rings. The van der Waals surface area contributed by atoms with Crippen molar-refractivity contribution in [2.75, 3.05) is 0 Å². The molecule has 4 heteroatoms. The van der Waals surface area contributed by atoms with Gasteiger partial charge in [-0.1, -0.05) is 12.1 Å². The van der Waals surface area contributed by atoms with Crippen LogP contribution in [-0.4, -0.2) is 22.2 Å². The van der Waals surface area contributed by atoms with E-state index in [1.165, 1.54) is 24.3 Å². The predicted octanol–water partition coefficient (Wildman–Crippen LogP) is 0.347. The molecule has 0 amide bonds. The molecule has 0 radical (unpaired) electrons. The quantitative estimate of drug-likeness (QED) is 0.629. The Morgan fingerprint density at radius 2 is 2.08 bits per heavy atom. The van der Waals surface area contributed by atoms with Gasteiger partial charge in [0.05, 0.1) is 0 Å². The van der Waals surface area contributed by atoms with Crippen LogP contribution < -0.4 is 5.73 Å².